The number of ether oxygens (including phenoxy) is 1. The van der Waals surface area contributed by atoms with Crippen molar-refractivity contribution in [2.75, 3.05) is 39.4 Å². The first-order chi connectivity index (χ1) is 6.29. The fraction of sp³-hybridized carbons (Fsp3) is 0.889. The van der Waals surface area contributed by atoms with Crippen molar-refractivity contribution in [3.63, 3.8) is 0 Å². The van der Waals surface area contributed by atoms with Crippen molar-refractivity contribution in [1.29, 1.82) is 0 Å². The standard InChI is InChI=1S/C9H18N2O2/c1-9(12)10-3-5-11-4-2-7-13-8-6-11/h2-8H2,1H3,(H,10,12). The minimum absolute atomic E-state index is 0.0473. The highest BCUT2D eigenvalue weighted by Gasteiger charge is 2.07. The van der Waals surface area contributed by atoms with Crippen molar-refractivity contribution in [2.24, 2.45) is 0 Å². The fourth-order valence-electron chi connectivity index (χ4n) is 1.41. The highest BCUT2D eigenvalue weighted by atomic mass is 16.5. The van der Waals surface area contributed by atoms with E-state index in [1.165, 1.54) is 0 Å². The monoisotopic (exact) mass is 186 g/mol. The predicted octanol–water partition coefficient (Wildman–Crippen LogP) is -0.155. The molecule has 0 aromatic rings. The lowest BCUT2D eigenvalue weighted by molar-refractivity contribution is -0.119. The third-order valence-corrected chi connectivity index (χ3v) is 2.12. The molecule has 4 nitrogen and oxygen atoms in total. The van der Waals surface area contributed by atoms with Crippen LogP contribution in [-0.2, 0) is 9.53 Å². The van der Waals surface area contributed by atoms with Gasteiger partial charge in [0.05, 0.1) is 6.61 Å². The van der Waals surface area contributed by atoms with Gasteiger partial charge in [0.2, 0.25) is 5.91 Å². The van der Waals surface area contributed by atoms with Crippen molar-refractivity contribution in [2.45, 2.75) is 13.3 Å². The second-order valence-electron chi connectivity index (χ2n) is 3.29. The van der Waals surface area contributed by atoms with Crippen LogP contribution >= 0.6 is 0 Å². The van der Waals surface area contributed by atoms with Crippen LogP contribution in [0.3, 0.4) is 0 Å². The van der Waals surface area contributed by atoms with Crippen molar-refractivity contribution in [1.82, 2.24) is 10.2 Å². The number of hydrogen-bond acceptors (Lipinski definition) is 3. The summed E-state index contributed by atoms with van der Waals surface area (Å²) in [5.74, 6) is 0.0473. The number of carbonyl (C=O) groups excluding carboxylic acids is 1. The van der Waals surface area contributed by atoms with Gasteiger partial charge in [0.1, 0.15) is 0 Å². The first kappa shape index (κ1) is 10.5. The van der Waals surface area contributed by atoms with E-state index >= 15 is 0 Å². The average Bonchev–Trinajstić information content (AvgIpc) is 2.32. The van der Waals surface area contributed by atoms with E-state index in [0.29, 0.717) is 0 Å². The molecule has 0 unspecified atom stereocenters. The van der Waals surface area contributed by atoms with Gasteiger partial charge < -0.3 is 10.1 Å². The molecule has 1 heterocycles. The van der Waals surface area contributed by atoms with E-state index < -0.39 is 0 Å². The molecular weight excluding hydrogens is 168 g/mol. The van der Waals surface area contributed by atoms with Crippen LogP contribution in [0.4, 0.5) is 0 Å². The Kier molecular flexibility index (Phi) is 4.78. The van der Waals surface area contributed by atoms with E-state index in [-0.39, 0.29) is 5.91 Å². The lowest BCUT2D eigenvalue weighted by atomic mass is 10.4. The van der Waals surface area contributed by atoms with E-state index in [0.717, 1.165) is 45.8 Å². The van der Waals surface area contributed by atoms with Crippen LogP contribution in [0.2, 0.25) is 0 Å². The Morgan fingerprint density at radius 2 is 2.31 bits per heavy atom. The third kappa shape index (κ3) is 4.85. The van der Waals surface area contributed by atoms with Gasteiger partial charge in [-0.3, -0.25) is 9.69 Å². The van der Waals surface area contributed by atoms with Crippen LogP contribution in [0.1, 0.15) is 13.3 Å². The van der Waals surface area contributed by atoms with E-state index in [9.17, 15) is 4.79 Å². The van der Waals surface area contributed by atoms with Gasteiger partial charge in [0.25, 0.3) is 0 Å². The molecule has 1 aliphatic rings. The summed E-state index contributed by atoms with van der Waals surface area (Å²) >= 11 is 0. The molecule has 0 aromatic carbocycles. The fourth-order valence-corrected chi connectivity index (χ4v) is 1.41. The molecule has 0 radical (unpaired) electrons. The van der Waals surface area contributed by atoms with E-state index in [4.69, 9.17) is 4.74 Å². The third-order valence-electron chi connectivity index (χ3n) is 2.12. The zero-order valence-electron chi connectivity index (χ0n) is 8.21. The number of amides is 1. The Labute approximate surface area is 79.2 Å². The number of hydrogen-bond donors (Lipinski definition) is 1. The zero-order chi connectivity index (χ0) is 9.52. The van der Waals surface area contributed by atoms with Gasteiger partial charge in [-0.1, -0.05) is 0 Å². The molecule has 0 atom stereocenters. The maximum atomic E-state index is 10.6. The molecule has 76 valence electrons. The van der Waals surface area contributed by atoms with E-state index in [1.807, 2.05) is 0 Å². The molecular formula is C9H18N2O2. The second kappa shape index (κ2) is 5.94. The lowest BCUT2D eigenvalue weighted by Crippen LogP contribution is -2.35. The van der Waals surface area contributed by atoms with Crippen molar-refractivity contribution in [3.05, 3.63) is 0 Å². The molecule has 1 rings (SSSR count). The van der Waals surface area contributed by atoms with Gasteiger partial charge in [0.15, 0.2) is 0 Å². The Bertz CT molecular complexity index is 154. The Hall–Kier alpha value is -0.610. The molecule has 4 heteroatoms. The molecule has 0 bridgehead atoms. The normalized spacial score (nSPS) is 19.5. The SMILES string of the molecule is CC(=O)NCCN1CCCOCC1. The number of nitrogens with zero attached hydrogens (tertiary/aromatic N) is 1. The Morgan fingerprint density at radius 3 is 3.08 bits per heavy atom. The molecule has 1 N–H and O–H groups in total. The molecule has 0 aliphatic carbocycles. The van der Waals surface area contributed by atoms with Crippen molar-refractivity contribution < 1.29 is 9.53 Å². The predicted molar refractivity (Wildman–Crippen MR) is 50.6 cm³/mol. The summed E-state index contributed by atoms with van der Waals surface area (Å²) in [6, 6.07) is 0. The quantitative estimate of drug-likeness (QED) is 0.666. The first-order valence-corrected chi connectivity index (χ1v) is 4.83. The molecule has 0 aromatic heterocycles. The molecule has 13 heavy (non-hydrogen) atoms. The highest BCUT2D eigenvalue weighted by Crippen LogP contribution is 1.97. The lowest BCUT2D eigenvalue weighted by Gasteiger charge is -2.18. The summed E-state index contributed by atoms with van der Waals surface area (Å²) < 4.78 is 5.32. The maximum Gasteiger partial charge on any atom is 0.216 e. The minimum atomic E-state index is 0.0473. The van der Waals surface area contributed by atoms with Gasteiger partial charge in [-0.25, -0.2) is 0 Å². The van der Waals surface area contributed by atoms with Gasteiger partial charge in [-0.2, -0.15) is 0 Å². The van der Waals surface area contributed by atoms with Crippen LogP contribution in [0.25, 0.3) is 0 Å². The van der Waals surface area contributed by atoms with E-state index in [2.05, 4.69) is 10.2 Å². The maximum absolute atomic E-state index is 10.6. The van der Waals surface area contributed by atoms with Gasteiger partial charge >= 0.3 is 0 Å². The first-order valence-electron chi connectivity index (χ1n) is 4.83. The summed E-state index contributed by atoms with van der Waals surface area (Å²) in [5, 5.41) is 2.79. The van der Waals surface area contributed by atoms with Crippen molar-refractivity contribution >= 4 is 5.91 Å². The second-order valence-corrected chi connectivity index (χ2v) is 3.29. The summed E-state index contributed by atoms with van der Waals surface area (Å²) in [4.78, 5) is 12.9. The van der Waals surface area contributed by atoms with Crippen LogP contribution in [0.15, 0.2) is 0 Å². The Balaban J connectivity index is 2.08. The molecule has 1 saturated heterocycles. The summed E-state index contributed by atoms with van der Waals surface area (Å²) in [6.45, 7) is 6.99. The largest absolute Gasteiger partial charge is 0.380 e. The van der Waals surface area contributed by atoms with Crippen LogP contribution in [0.5, 0.6) is 0 Å². The van der Waals surface area contributed by atoms with Gasteiger partial charge in [0, 0.05) is 39.7 Å². The number of rotatable bonds is 3. The van der Waals surface area contributed by atoms with Crippen LogP contribution in [0, 0.1) is 0 Å². The van der Waals surface area contributed by atoms with Crippen molar-refractivity contribution in [3.8, 4) is 0 Å². The smallest absolute Gasteiger partial charge is 0.216 e. The van der Waals surface area contributed by atoms with Crippen LogP contribution < -0.4 is 5.32 Å². The summed E-state index contributed by atoms with van der Waals surface area (Å²) in [6.07, 6.45) is 1.10. The molecule has 0 saturated carbocycles. The van der Waals surface area contributed by atoms with Crippen LogP contribution in [-0.4, -0.2) is 50.2 Å². The number of nitrogens with one attached hydrogen (secondary N) is 1. The molecule has 0 spiro atoms. The van der Waals surface area contributed by atoms with Gasteiger partial charge in [-0.15, -0.1) is 0 Å². The van der Waals surface area contributed by atoms with Gasteiger partial charge in [-0.05, 0) is 6.42 Å². The summed E-state index contributed by atoms with van der Waals surface area (Å²) in [7, 11) is 0. The topological polar surface area (TPSA) is 41.6 Å². The summed E-state index contributed by atoms with van der Waals surface area (Å²) in [5.41, 5.74) is 0. The number of carbonyl (C=O) groups is 1. The molecule has 1 amide bonds. The zero-order valence-corrected chi connectivity index (χ0v) is 8.21. The molecule has 1 fully saturated rings. The average molecular weight is 186 g/mol. The highest BCUT2D eigenvalue weighted by molar-refractivity contribution is 5.72. The minimum Gasteiger partial charge on any atom is -0.380 e. The molecule has 1 aliphatic heterocycles. The van der Waals surface area contributed by atoms with E-state index in [1.54, 1.807) is 6.92 Å². The Morgan fingerprint density at radius 1 is 1.46 bits per heavy atom.